The molecule has 1 atom stereocenters. The Bertz CT molecular complexity index is 237. The first-order valence-electron chi connectivity index (χ1n) is 6.12. The van der Waals surface area contributed by atoms with Crippen LogP contribution < -0.4 is 5.32 Å². The van der Waals surface area contributed by atoms with E-state index in [0.717, 1.165) is 25.6 Å². The molecule has 4 heteroatoms. The molecule has 1 heterocycles. The number of nitrogens with zero attached hydrogens (tertiary/aromatic N) is 1. The van der Waals surface area contributed by atoms with Gasteiger partial charge in [-0.15, -0.1) is 0 Å². The number of hydrogen-bond acceptors (Lipinski definition) is 3. The zero-order chi connectivity index (χ0) is 12.2. The summed E-state index contributed by atoms with van der Waals surface area (Å²) in [5.41, 5.74) is -0.789. The van der Waals surface area contributed by atoms with Crippen molar-refractivity contribution < 1.29 is 9.90 Å². The number of carboxylic acids is 1. The van der Waals surface area contributed by atoms with Gasteiger partial charge in [-0.05, 0) is 52.2 Å². The van der Waals surface area contributed by atoms with Gasteiger partial charge in [0.15, 0.2) is 0 Å². The summed E-state index contributed by atoms with van der Waals surface area (Å²) >= 11 is 0. The van der Waals surface area contributed by atoms with Gasteiger partial charge in [0, 0.05) is 6.54 Å². The second kappa shape index (κ2) is 5.64. The molecule has 0 aromatic carbocycles. The van der Waals surface area contributed by atoms with Crippen molar-refractivity contribution >= 4 is 5.97 Å². The third-order valence-electron chi connectivity index (χ3n) is 3.83. The Morgan fingerprint density at radius 3 is 2.50 bits per heavy atom. The summed E-state index contributed by atoms with van der Waals surface area (Å²) in [6.45, 7) is 7.13. The molecule has 1 fully saturated rings. The van der Waals surface area contributed by atoms with Crippen LogP contribution in [0, 0.1) is 5.92 Å². The number of piperidine rings is 1. The second-order valence-electron chi connectivity index (χ2n) is 5.16. The molecule has 94 valence electrons. The highest BCUT2D eigenvalue weighted by Gasteiger charge is 2.31. The molecule has 16 heavy (non-hydrogen) atoms. The van der Waals surface area contributed by atoms with Crippen LogP contribution in [-0.2, 0) is 4.79 Å². The van der Waals surface area contributed by atoms with Gasteiger partial charge in [0.2, 0.25) is 0 Å². The van der Waals surface area contributed by atoms with Crippen LogP contribution in [0.4, 0.5) is 0 Å². The first-order valence-corrected chi connectivity index (χ1v) is 6.12. The van der Waals surface area contributed by atoms with E-state index in [2.05, 4.69) is 17.1 Å². The first kappa shape index (κ1) is 13.5. The van der Waals surface area contributed by atoms with E-state index >= 15 is 0 Å². The lowest BCUT2D eigenvalue weighted by molar-refractivity contribution is -0.144. The molecule has 0 spiro atoms. The number of nitrogens with one attached hydrogen (secondary N) is 1. The smallest absolute Gasteiger partial charge is 0.323 e. The standard InChI is InChI=1S/C12H24N2O2/c1-10-4-7-14(8-5-10)9-6-12(2,13-3)11(15)16/h10,13H,4-9H2,1-3H3,(H,15,16). The molecule has 0 aliphatic carbocycles. The molecule has 0 aromatic rings. The summed E-state index contributed by atoms with van der Waals surface area (Å²) in [5, 5.41) is 12.0. The molecule has 1 rings (SSSR count). The third-order valence-corrected chi connectivity index (χ3v) is 3.83. The summed E-state index contributed by atoms with van der Waals surface area (Å²) in [6.07, 6.45) is 3.14. The number of hydrogen-bond donors (Lipinski definition) is 2. The zero-order valence-electron chi connectivity index (χ0n) is 10.6. The number of carbonyl (C=O) groups is 1. The Hall–Kier alpha value is -0.610. The van der Waals surface area contributed by atoms with Crippen LogP contribution in [0.15, 0.2) is 0 Å². The van der Waals surface area contributed by atoms with Gasteiger partial charge < -0.3 is 15.3 Å². The number of likely N-dealkylation sites (tertiary alicyclic amines) is 1. The normalized spacial score (nSPS) is 22.9. The Morgan fingerprint density at radius 2 is 2.06 bits per heavy atom. The molecular formula is C12H24N2O2. The fourth-order valence-corrected chi connectivity index (χ4v) is 2.01. The van der Waals surface area contributed by atoms with Gasteiger partial charge in [-0.25, -0.2) is 0 Å². The molecule has 1 saturated heterocycles. The van der Waals surface area contributed by atoms with Crippen LogP contribution in [-0.4, -0.2) is 48.2 Å². The number of rotatable bonds is 5. The van der Waals surface area contributed by atoms with E-state index < -0.39 is 11.5 Å². The summed E-state index contributed by atoms with van der Waals surface area (Å²) in [6, 6.07) is 0. The van der Waals surface area contributed by atoms with Crippen LogP contribution in [0.5, 0.6) is 0 Å². The summed E-state index contributed by atoms with van der Waals surface area (Å²) in [4.78, 5) is 13.5. The van der Waals surface area contributed by atoms with Crippen LogP contribution in [0.25, 0.3) is 0 Å². The predicted molar refractivity (Wildman–Crippen MR) is 64.6 cm³/mol. The van der Waals surface area contributed by atoms with Crippen LogP contribution in [0.3, 0.4) is 0 Å². The van der Waals surface area contributed by atoms with Gasteiger partial charge >= 0.3 is 5.97 Å². The lowest BCUT2D eigenvalue weighted by Crippen LogP contribution is -2.50. The largest absolute Gasteiger partial charge is 0.480 e. The average Bonchev–Trinajstić information content (AvgIpc) is 2.27. The van der Waals surface area contributed by atoms with Crippen LogP contribution >= 0.6 is 0 Å². The quantitative estimate of drug-likeness (QED) is 0.741. The van der Waals surface area contributed by atoms with Crippen molar-refractivity contribution in [2.45, 2.75) is 38.6 Å². The van der Waals surface area contributed by atoms with Gasteiger partial charge in [-0.1, -0.05) is 6.92 Å². The van der Waals surface area contributed by atoms with Crippen molar-refractivity contribution in [3.8, 4) is 0 Å². The van der Waals surface area contributed by atoms with Crippen molar-refractivity contribution in [2.75, 3.05) is 26.7 Å². The van der Waals surface area contributed by atoms with Gasteiger partial charge in [0.1, 0.15) is 5.54 Å². The van der Waals surface area contributed by atoms with Crippen molar-refractivity contribution in [2.24, 2.45) is 5.92 Å². The third kappa shape index (κ3) is 3.46. The molecule has 1 aliphatic heterocycles. The Labute approximate surface area is 98.0 Å². The monoisotopic (exact) mass is 228 g/mol. The molecule has 0 radical (unpaired) electrons. The second-order valence-corrected chi connectivity index (χ2v) is 5.16. The van der Waals surface area contributed by atoms with Gasteiger partial charge in [0.05, 0.1) is 0 Å². The molecular weight excluding hydrogens is 204 g/mol. The van der Waals surface area contributed by atoms with E-state index in [-0.39, 0.29) is 0 Å². The van der Waals surface area contributed by atoms with Crippen LogP contribution in [0.2, 0.25) is 0 Å². The minimum Gasteiger partial charge on any atom is -0.480 e. The van der Waals surface area contributed by atoms with E-state index in [1.165, 1.54) is 12.8 Å². The van der Waals surface area contributed by atoms with Crippen molar-refractivity contribution in [1.82, 2.24) is 10.2 Å². The maximum Gasteiger partial charge on any atom is 0.323 e. The Kier molecular flexibility index (Phi) is 4.74. The summed E-state index contributed by atoms with van der Waals surface area (Å²) in [7, 11) is 1.71. The number of carboxylic acid groups (broad SMARTS) is 1. The van der Waals surface area contributed by atoms with Crippen LogP contribution in [0.1, 0.15) is 33.1 Å². The van der Waals surface area contributed by atoms with Crippen molar-refractivity contribution in [3.63, 3.8) is 0 Å². The Morgan fingerprint density at radius 1 is 1.50 bits per heavy atom. The lowest BCUT2D eigenvalue weighted by Gasteiger charge is -2.33. The minimum absolute atomic E-state index is 0.660. The molecule has 1 aliphatic rings. The summed E-state index contributed by atoms with van der Waals surface area (Å²) in [5.74, 6) is 0.0618. The number of aliphatic carboxylic acids is 1. The fourth-order valence-electron chi connectivity index (χ4n) is 2.01. The highest BCUT2D eigenvalue weighted by atomic mass is 16.4. The molecule has 0 saturated carbocycles. The summed E-state index contributed by atoms with van der Waals surface area (Å²) < 4.78 is 0. The first-order chi connectivity index (χ1) is 7.48. The molecule has 4 nitrogen and oxygen atoms in total. The fraction of sp³-hybridized carbons (Fsp3) is 0.917. The minimum atomic E-state index is -0.789. The van der Waals surface area contributed by atoms with E-state index in [0.29, 0.717) is 6.42 Å². The maximum atomic E-state index is 11.1. The topological polar surface area (TPSA) is 52.6 Å². The molecule has 2 N–H and O–H groups in total. The highest BCUT2D eigenvalue weighted by Crippen LogP contribution is 2.18. The highest BCUT2D eigenvalue weighted by molar-refractivity contribution is 5.78. The van der Waals surface area contributed by atoms with Gasteiger partial charge in [-0.3, -0.25) is 4.79 Å². The van der Waals surface area contributed by atoms with E-state index in [1.807, 2.05) is 0 Å². The average molecular weight is 228 g/mol. The molecule has 0 bridgehead atoms. The molecule has 1 unspecified atom stereocenters. The maximum absolute atomic E-state index is 11.1. The van der Waals surface area contributed by atoms with Gasteiger partial charge in [0.25, 0.3) is 0 Å². The SMILES string of the molecule is CNC(C)(CCN1CCC(C)CC1)C(=O)O. The van der Waals surface area contributed by atoms with E-state index in [4.69, 9.17) is 5.11 Å². The Balaban J connectivity index is 2.36. The zero-order valence-corrected chi connectivity index (χ0v) is 10.6. The van der Waals surface area contributed by atoms with Crippen molar-refractivity contribution in [3.05, 3.63) is 0 Å². The molecule has 0 aromatic heterocycles. The molecule has 0 amide bonds. The lowest BCUT2D eigenvalue weighted by atomic mass is 9.95. The predicted octanol–water partition coefficient (Wildman–Crippen LogP) is 1.17. The number of likely N-dealkylation sites (N-methyl/N-ethyl adjacent to an activating group) is 1. The van der Waals surface area contributed by atoms with E-state index in [9.17, 15) is 4.79 Å². The van der Waals surface area contributed by atoms with Crippen molar-refractivity contribution in [1.29, 1.82) is 0 Å². The van der Waals surface area contributed by atoms with E-state index in [1.54, 1.807) is 14.0 Å². The van der Waals surface area contributed by atoms with Gasteiger partial charge in [-0.2, -0.15) is 0 Å².